The maximum atomic E-state index is 12.6. The largest absolute Gasteiger partial charge is 0.586 e. The van der Waals surface area contributed by atoms with Gasteiger partial charge in [0, 0.05) is 6.07 Å². The van der Waals surface area contributed by atoms with Gasteiger partial charge in [0.25, 0.3) is 0 Å². The zero-order valence-electron chi connectivity index (χ0n) is 7.01. The minimum absolute atomic E-state index is 0.0178. The summed E-state index contributed by atoms with van der Waals surface area (Å²) in [7, 11) is 1.43. The van der Waals surface area contributed by atoms with E-state index in [1.165, 1.54) is 19.2 Å². The van der Waals surface area contributed by atoms with E-state index < -0.39 is 6.29 Å². The van der Waals surface area contributed by atoms with E-state index in [-0.39, 0.29) is 11.5 Å². The average Bonchev–Trinajstić information content (AvgIpc) is 2.40. The number of hydrogen-bond donors (Lipinski definition) is 0. The van der Waals surface area contributed by atoms with Gasteiger partial charge >= 0.3 is 6.29 Å². The van der Waals surface area contributed by atoms with Gasteiger partial charge in [-0.1, -0.05) is 0 Å². The van der Waals surface area contributed by atoms with Crippen LogP contribution in [0, 0.1) is 0 Å². The minimum Gasteiger partial charge on any atom is -0.497 e. The Hall–Kier alpha value is -1.04. The van der Waals surface area contributed by atoms with Crippen LogP contribution in [0.4, 0.5) is 8.78 Å². The Morgan fingerprint density at radius 3 is 2.71 bits per heavy atom. The van der Waals surface area contributed by atoms with Crippen LogP contribution < -0.4 is 14.2 Å². The topological polar surface area (TPSA) is 27.7 Å². The number of benzene rings is 1. The number of methoxy groups -OCH3 is 1. The molecule has 0 atom stereocenters. The molecular weight excluding hydrogens is 262 g/mol. The lowest BCUT2D eigenvalue weighted by molar-refractivity contribution is -0.286. The van der Waals surface area contributed by atoms with E-state index in [0.29, 0.717) is 10.2 Å². The Morgan fingerprint density at radius 2 is 2.07 bits per heavy atom. The molecule has 1 aromatic carbocycles. The minimum atomic E-state index is -3.60. The lowest BCUT2D eigenvalue weighted by Crippen LogP contribution is -2.26. The van der Waals surface area contributed by atoms with Crippen molar-refractivity contribution in [3.63, 3.8) is 0 Å². The van der Waals surface area contributed by atoms with Crippen molar-refractivity contribution in [2.24, 2.45) is 0 Å². The van der Waals surface area contributed by atoms with Crippen molar-refractivity contribution < 1.29 is 23.0 Å². The van der Waals surface area contributed by atoms with E-state index in [1.54, 1.807) is 0 Å². The van der Waals surface area contributed by atoms with Crippen LogP contribution in [-0.2, 0) is 0 Å². The molecule has 0 unspecified atom stereocenters. The molecule has 0 bridgehead atoms. The van der Waals surface area contributed by atoms with Crippen LogP contribution >= 0.6 is 15.9 Å². The van der Waals surface area contributed by atoms with Gasteiger partial charge in [-0.3, -0.25) is 0 Å². The van der Waals surface area contributed by atoms with E-state index in [0.717, 1.165) is 0 Å². The smallest absolute Gasteiger partial charge is 0.497 e. The molecular formula is C8H5BrF2O3. The van der Waals surface area contributed by atoms with Crippen LogP contribution in [0.1, 0.15) is 0 Å². The summed E-state index contributed by atoms with van der Waals surface area (Å²) in [5, 5.41) is 0. The SMILES string of the molecule is COc1cc(Br)c2c(c1)OC(F)(F)O2. The molecule has 0 aliphatic carbocycles. The lowest BCUT2D eigenvalue weighted by Gasteiger charge is -2.04. The third-order valence-corrected chi connectivity index (χ3v) is 2.26. The van der Waals surface area contributed by atoms with E-state index in [2.05, 4.69) is 25.4 Å². The number of ether oxygens (including phenoxy) is 3. The molecule has 0 fully saturated rings. The molecule has 14 heavy (non-hydrogen) atoms. The van der Waals surface area contributed by atoms with Gasteiger partial charge in [-0.15, -0.1) is 8.78 Å². The molecule has 1 aliphatic heterocycles. The van der Waals surface area contributed by atoms with Gasteiger partial charge in [-0.25, -0.2) is 0 Å². The van der Waals surface area contributed by atoms with Gasteiger partial charge in [0.2, 0.25) is 0 Å². The monoisotopic (exact) mass is 266 g/mol. The Bertz CT molecular complexity index is 381. The molecule has 1 aliphatic rings. The van der Waals surface area contributed by atoms with Crippen LogP contribution in [0.25, 0.3) is 0 Å². The molecule has 0 saturated heterocycles. The van der Waals surface area contributed by atoms with Crippen LogP contribution in [0.3, 0.4) is 0 Å². The molecule has 2 rings (SSSR count). The quantitative estimate of drug-likeness (QED) is 0.783. The van der Waals surface area contributed by atoms with E-state index in [1.807, 2.05) is 0 Å². The van der Waals surface area contributed by atoms with Crippen LogP contribution in [0.5, 0.6) is 17.2 Å². The first-order valence-corrected chi connectivity index (χ1v) is 4.44. The number of hydrogen-bond acceptors (Lipinski definition) is 3. The molecule has 0 amide bonds. The summed E-state index contributed by atoms with van der Waals surface area (Å²) in [6.07, 6.45) is -3.60. The van der Waals surface area contributed by atoms with Crippen molar-refractivity contribution >= 4 is 15.9 Å². The molecule has 0 saturated carbocycles. The maximum absolute atomic E-state index is 12.6. The van der Waals surface area contributed by atoms with Gasteiger partial charge in [-0.2, -0.15) is 0 Å². The van der Waals surface area contributed by atoms with Crippen molar-refractivity contribution in [1.82, 2.24) is 0 Å². The predicted molar refractivity (Wildman–Crippen MR) is 46.9 cm³/mol. The fourth-order valence-corrected chi connectivity index (χ4v) is 1.61. The normalized spacial score (nSPS) is 16.9. The standard InChI is InChI=1S/C8H5BrF2O3/c1-12-4-2-5(9)7-6(3-4)13-8(10,11)14-7/h2-3H,1H3. The van der Waals surface area contributed by atoms with Gasteiger partial charge in [0.05, 0.1) is 11.6 Å². The first kappa shape index (κ1) is 9.51. The highest BCUT2D eigenvalue weighted by atomic mass is 79.9. The van der Waals surface area contributed by atoms with Crippen LogP contribution in [0.2, 0.25) is 0 Å². The summed E-state index contributed by atoms with van der Waals surface area (Å²) in [4.78, 5) is 0. The molecule has 0 aromatic heterocycles. The molecule has 0 spiro atoms. The second-order valence-corrected chi connectivity index (χ2v) is 3.46. The predicted octanol–water partition coefficient (Wildman–Crippen LogP) is 2.78. The summed E-state index contributed by atoms with van der Waals surface area (Å²) in [5.74, 6) is 0.356. The molecule has 0 N–H and O–H groups in total. The maximum Gasteiger partial charge on any atom is 0.586 e. The van der Waals surface area contributed by atoms with Crippen molar-refractivity contribution in [2.75, 3.05) is 7.11 Å². The third kappa shape index (κ3) is 1.50. The van der Waals surface area contributed by atoms with Crippen molar-refractivity contribution in [2.45, 2.75) is 6.29 Å². The molecule has 76 valence electrons. The summed E-state index contributed by atoms with van der Waals surface area (Å²) in [6.45, 7) is 0. The highest BCUT2D eigenvalue weighted by Gasteiger charge is 2.44. The number of rotatable bonds is 1. The summed E-state index contributed by atoms with van der Waals surface area (Å²) in [5.41, 5.74) is 0. The van der Waals surface area contributed by atoms with Crippen molar-refractivity contribution in [1.29, 1.82) is 0 Å². The fourth-order valence-electron chi connectivity index (χ4n) is 1.10. The zero-order valence-corrected chi connectivity index (χ0v) is 8.60. The number of halogens is 3. The van der Waals surface area contributed by atoms with Crippen molar-refractivity contribution in [3.8, 4) is 17.2 Å². The Morgan fingerprint density at radius 1 is 1.36 bits per heavy atom. The molecule has 0 radical (unpaired) electrons. The van der Waals surface area contributed by atoms with E-state index >= 15 is 0 Å². The Labute approximate surface area is 86.7 Å². The first-order chi connectivity index (χ1) is 6.52. The van der Waals surface area contributed by atoms with Crippen LogP contribution in [0.15, 0.2) is 16.6 Å². The van der Waals surface area contributed by atoms with Gasteiger partial charge < -0.3 is 14.2 Å². The molecule has 1 heterocycles. The molecule has 1 aromatic rings. The molecule has 6 heteroatoms. The number of fused-ring (bicyclic) bond motifs is 1. The second kappa shape index (κ2) is 2.98. The second-order valence-electron chi connectivity index (χ2n) is 2.60. The Balaban J connectivity index is 2.47. The van der Waals surface area contributed by atoms with Gasteiger partial charge in [-0.05, 0) is 22.0 Å². The fraction of sp³-hybridized carbons (Fsp3) is 0.250. The zero-order chi connectivity index (χ0) is 10.3. The highest BCUT2D eigenvalue weighted by Crippen LogP contribution is 2.47. The highest BCUT2D eigenvalue weighted by molar-refractivity contribution is 9.10. The Kier molecular flexibility index (Phi) is 2.02. The van der Waals surface area contributed by atoms with Gasteiger partial charge in [0.15, 0.2) is 11.5 Å². The van der Waals surface area contributed by atoms with Gasteiger partial charge in [0.1, 0.15) is 5.75 Å². The summed E-state index contributed by atoms with van der Waals surface area (Å²) < 4.78 is 39.1. The van der Waals surface area contributed by atoms with Crippen molar-refractivity contribution in [3.05, 3.63) is 16.6 Å². The first-order valence-electron chi connectivity index (χ1n) is 3.65. The molecule has 3 nitrogen and oxygen atoms in total. The average molecular weight is 267 g/mol. The van der Waals surface area contributed by atoms with Crippen LogP contribution in [-0.4, -0.2) is 13.4 Å². The van der Waals surface area contributed by atoms with E-state index in [9.17, 15) is 8.78 Å². The summed E-state index contributed by atoms with van der Waals surface area (Å²) in [6, 6.07) is 2.85. The number of alkyl halides is 2. The third-order valence-electron chi connectivity index (χ3n) is 1.67. The van der Waals surface area contributed by atoms with E-state index in [4.69, 9.17) is 4.74 Å². The summed E-state index contributed by atoms with van der Waals surface area (Å²) >= 11 is 3.07. The lowest BCUT2D eigenvalue weighted by atomic mass is 10.3.